The van der Waals surface area contributed by atoms with Gasteiger partial charge in [-0.25, -0.2) is 0 Å². The Morgan fingerprint density at radius 1 is 1.35 bits per heavy atom. The van der Waals surface area contributed by atoms with Crippen LogP contribution in [0.2, 0.25) is 0 Å². The van der Waals surface area contributed by atoms with Gasteiger partial charge in [0.2, 0.25) is 11.8 Å². The number of nitrogens with zero attached hydrogens (tertiary/aromatic N) is 1. The summed E-state index contributed by atoms with van der Waals surface area (Å²) in [6, 6.07) is 7.99. The highest BCUT2D eigenvalue weighted by Gasteiger charge is 2.19. The number of ether oxygens (including phenoxy) is 1. The zero-order valence-electron chi connectivity index (χ0n) is 13.2. The van der Waals surface area contributed by atoms with Crippen molar-refractivity contribution >= 4 is 17.5 Å². The summed E-state index contributed by atoms with van der Waals surface area (Å²) < 4.78 is 5.47. The van der Waals surface area contributed by atoms with E-state index in [0.717, 1.165) is 37.2 Å². The van der Waals surface area contributed by atoms with Crippen LogP contribution in [0.1, 0.15) is 24.8 Å². The second-order valence-corrected chi connectivity index (χ2v) is 6.05. The minimum atomic E-state index is 0.0358. The number of carbonyl (C=O) groups is 2. The van der Waals surface area contributed by atoms with E-state index in [1.807, 2.05) is 24.3 Å². The standard InChI is InChI=1S/C17H23N3O3/c21-16(10-15-2-1-9-23-15)19-11-13-3-5-14(6-4-13)20-8-7-18-17(22)12-20/h3-6,15H,1-2,7-12H2,(H,18,22)(H,19,21)/t15-/m1/s1. The number of hydrogen-bond acceptors (Lipinski definition) is 4. The molecule has 0 radical (unpaired) electrons. The maximum absolute atomic E-state index is 11.9. The second-order valence-electron chi connectivity index (χ2n) is 6.05. The van der Waals surface area contributed by atoms with Crippen LogP contribution in [0.4, 0.5) is 5.69 Å². The van der Waals surface area contributed by atoms with Gasteiger partial charge in [0.1, 0.15) is 0 Å². The van der Waals surface area contributed by atoms with E-state index in [1.54, 1.807) is 0 Å². The molecule has 1 atom stereocenters. The van der Waals surface area contributed by atoms with Gasteiger partial charge in [0, 0.05) is 31.9 Å². The molecule has 2 N–H and O–H groups in total. The fourth-order valence-corrected chi connectivity index (χ4v) is 2.97. The molecule has 2 aliphatic rings. The van der Waals surface area contributed by atoms with E-state index in [9.17, 15) is 9.59 Å². The minimum absolute atomic E-state index is 0.0358. The van der Waals surface area contributed by atoms with Crippen molar-refractivity contribution in [1.82, 2.24) is 10.6 Å². The molecule has 0 aliphatic carbocycles. The van der Waals surface area contributed by atoms with E-state index in [0.29, 0.717) is 26.1 Å². The van der Waals surface area contributed by atoms with Crippen LogP contribution in [-0.4, -0.2) is 44.2 Å². The summed E-state index contributed by atoms with van der Waals surface area (Å²) in [5.41, 5.74) is 2.09. The van der Waals surface area contributed by atoms with Crippen molar-refractivity contribution < 1.29 is 14.3 Å². The van der Waals surface area contributed by atoms with E-state index in [-0.39, 0.29) is 17.9 Å². The highest BCUT2D eigenvalue weighted by Crippen LogP contribution is 2.17. The zero-order chi connectivity index (χ0) is 16.1. The van der Waals surface area contributed by atoms with Crippen LogP contribution in [0, 0.1) is 0 Å². The second kappa shape index (κ2) is 7.46. The Balaban J connectivity index is 1.47. The molecule has 0 spiro atoms. The number of piperazine rings is 1. The van der Waals surface area contributed by atoms with Crippen molar-refractivity contribution in [3.8, 4) is 0 Å². The first-order valence-corrected chi connectivity index (χ1v) is 8.19. The average Bonchev–Trinajstić information content (AvgIpc) is 3.06. The number of hydrogen-bond donors (Lipinski definition) is 2. The van der Waals surface area contributed by atoms with Gasteiger partial charge in [0.05, 0.1) is 19.1 Å². The van der Waals surface area contributed by atoms with Crippen molar-refractivity contribution in [3.63, 3.8) is 0 Å². The van der Waals surface area contributed by atoms with E-state index < -0.39 is 0 Å². The first-order valence-electron chi connectivity index (χ1n) is 8.19. The molecule has 1 aromatic carbocycles. The molecule has 0 bridgehead atoms. The Bertz CT molecular complexity index is 553. The van der Waals surface area contributed by atoms with Gasteiger partial charge in [-0.05, 0) is 30.5 Å². The number of rotatable bonds is 5. The highest BCUT2D eigenvalue weighted by atomic mass is 16.5. The number of carbonyl (C=O) groups excluding carboxylic acids is 2. The predicted octanol–water partition coefficient (Wildman–Crippen LogP) is 0.808. The maximum Gasteiger partial charge on any atom is 0.239 e. The smallest absolute Gasteiger partial charge is 0.239 e. The van der Waals surface area contributed by atoms with Crippen molar-refractivity contribution in [2.45, 2.75) is 31.9 Å². The van der Waals surface area contributed by atoms with Gasteiger partial charge in [-0.2, -0.15) is 0 Å². The normalized spacial score (nSPS) is 21.1. The molecule has 3 rings (SSSR count). The number of amides is 2. The van der Waals surface area contributed by atoms with Gasteiger partial charge in [-0.15, -0.1) is 0 Å². The summed E-state index contributed by atoms with van der Waals surface area (Å²) in [7, 11) is 0. The van der Waals surface area contributed by atoms with Crippen LogP contribution in [0.3, 0.4) is 0 Å². The molecular formula is C17H23N3O3. The Morgan fingerprint density at radius 3 is 2.87 bits per heavy atom. The van der Waals surface area contributed by atoms with Crippen molar-refractivity contribution in [1.29, 1.82) is 0 Å². The van der Waals surface area contributed by atoms with E-state index in [2.05, 4.69) is 15.5 Å². The van der Waals surface area contributed by atoms with Crippen LogP contribution < -0.4 is 15.5 Å². The van der Waals surface area contributed by atoms with E-state index in [4.69, 9.17) is 4.74 Å². The summed E-state index contributed by atoms with van der Waals surface area (Å²) >= 11 is 0. The number of anilines is 1. The van der Waals surface area contributed by atoms with Gasteiger partial charge in [0.15, 0.2) is 0 Å². The van der Waals surface area contributed by atoms with Gasteiger partial charge in [-0.3, -0.25) is 9.59 Å². The molecule has 0 saturated carbocycles. The van der Waals surface area contributed by atoms with Crippen molar-refractivity contribution in [3.05, 3.63) is 29.8 Å². The largest absolute Gasteiger partial charge is 0.378 e. The molecule has 2 fully saturated rings. The number of benzene rings is 1. The monoisotopic (exact) mass is 317 g/mol. The topological polar surface area (TPSA) is 70.7 Å². The summed E-state index contributed by atoms with van der Waals surface area (Å²) in [6.07, 6.45) is 2.56. The quantitative estimate of drug-likeness (QED) is 0.843. The fraction of sp³-hybridized carbons (Fsp3) is 0.529. The lowest BCUT2D eigenvalue weighted by atomic mass is 10.1. The molecule has 1 aromatic rings. The Hall–Kier alpha value is -2.08. The van der Waals surface area contributed by atoms with Crippen LogP contribution in [0.5, 0.6) is 0 Å². The lowest BCUT2D eigenvalue weighted by Crippen LogP contribution is -2.47. The molecule has 2 heterocycles. The molecule has 2 aliphatic heterocycles. The maximum atomic E-state index is 11.9. The van der Waals surface area contributed by atoms with Crippen LogP contribution in [-0.2, 0) is 20.9 Å². The van der Waals surface area contributed by atoms with E-state index in [1.165, 1.54) is 0 Å². The Kier molecular flexibility index (Phi) is 5.12. The average molecular weight is 317 g/mol. The Morgan fingerprint density at radius 2 is 2.17 bits per heavy atom. The van der Waals surface area contributed by atoms with Crippen LogP contribution >= 0.6 is 0 Å². The fourth-order valence-electron chi connectivity index (χ4n) is 2.97. The van der Waals surface area contributed by atoms with Crippen molar-refractivity contribution in [2.24, 2.45) is 0 Å². The first-order chi connectivity index (χ1) is 11.2. The molecule has 0 aromatic heterocycles. The molecular weight excluding hydrogens is 294 g/mol. The molecule has 6 nitrogen and oxygen atoms in total. The number of nitrogens with one attached hydrogen (secondary N) is 2. The van der Waals surface area contributed by atoms with Gasteiger partial charge < -0.3 is 20.3 Å². The SMILES string of the molecule is O=C(C[C@H]1CCCO1)NCc1ccc(N2CCNC(=O)C2)cc1. The highest BCUT2D eigenvalue weighted by molar-refractivity contribution is 5.82. The third-order valence-corrected chi connectivity index (χ3v) is 4.27. The van der Waals surface area contributed by atoms with Crippen LogP contribution in [0.25, 0.3) is 0 Å². The molecule has 2 amide bonds. The summed E-state index contributed by atoms with van der Waals surface area (Å²) in [6.45, 7) is 3.20. The van der Waals surface area contributed by atoms with Crippen molar-refractivity contribution in [2.75, 3.05) is 31.1 Å². The van der Waals surface area contributed by atoms with Crippen LogP contribution in [0.15, 0.2) is 24.3 Å². The zero-order valence-corrected chi connectivity index (χ0v) is 13.2. The third-order valence-electron chi connectivity index (χ3n) is 4.27. The minimum Gasteiger partial charge on any atom is -0.378 e. The van der Waals surface area contributed by atoms with Gasteiger partial charge in [-0.1, -0.05) is 12.1 Å². The summed E-state index contributed by atoms with van der Waals surface area (Å²) in [5, 5.41) is 5.75. The summed E-state index contributed by atoms with van der Waals surface area (Å²) in [4.78, 5) is 25.4. The van der Waals surface area contributed by atoms with Gasteiger partial charge in [0.25, 0.3) is 0 Å². The molecule has 124 valence electrons. The third kappa shape index (κ3) is 4.45. The van der Waals surface area contributed by atoms with E-state index >= 15 is 0 Å². The lowest BCUT2D eigenvalue weighted by molar-refractivity contribution is -0.123. The first kappa shape index (κ1) is 15.8. The molecule has 0 unspecified atom stereocenters. The lowest BCUT2D eigenvalue weighted by Gasteiger charge is -2.28. The molecule has 23 heavy (non-hydrogen) atoms. The molecule has 6 heteroatoms. The predicted molar refractivity (Wildman–Crippen MR) is 87.1 cm³/mol. The van der Waals surface area contributed by atoms with Gasteiger partial charge >= 0.3 is 0 Å². The Labute approximate surface area is 136 Å². The molecule has 2 saturated heterocycles. The summed E-state index contributed by atoms with van der Waals surface area (Å²) in [5.74, 6) is 0.0930.